The lowest BCUT2D eigenvalue weighted by Crippen LogP contribution is -2.33. The van der Waals surface area contributed by atoms with Crippen LogP contribution in [0.15, 0.2) is 12.2 Å². The number of ether oxygens (including phenoxy) is 3. The van der Waals surface area contributed by atoms with Crippen molar-refractivity contribution in [3.05, 3.63) is 12.2 Å². The van der Waals surface area contributed by atoms with Gasteiger partial charge in [-0.15, -0.1) is 0 Å². The van der Waals surface area contributed by atoms with E-state index < -0.39 is 5.97 Å². The predicted octanol–water partition coefficient (Wildman–Crippen LogP) is 0.725. The summed E-state index contributed by atoms with van der Waals surface area (Å²) in [5.74, 6) is -1.34. The topological polar surface area (TPSA) is 44.8 Å². The molecule has 0 rings (SSSR count). The fourth-order valence-corrected chi connectivity index (χ4v) is 0.674. The minimum Gasteiger partial charge on any atom is -0.327 e. The molecule has 4 heteroatoms. The molecule has 0 aromatic rings. The molecular weight excluding hydrogens is 160 g/mol. The van der Waals surface area contributed by atoms with Crippen LogP contribution in [-0.2, 0) is 19.0 Å². The lowest BCUT2D eigenvalue weighted by Gasteiger charge is -2.24. The quantitative estimate of drug-likeness (QED) is 0.455. The number of ketones is 1. The van der Waals surface area contributed by atoms with Gasteiger partial charge in [0.2, 0.25) is 0 Å². The van der Waals surface area contributed by atoms with Crippen LogP contribution in [0.5, 0.6) is 0 Å². The van der Waals surface area contributed by atoms with Crippen molar-refractivity contribution in [3.8, 4) is 0 Å². The molecule has 0 aliphatic heterocycles. The highest BCUT2D eigenvalue weighted by atomic mass is 16.9. The average Bonchev–Trinajstić information content (AvgIpc) is 2.08. The maximum absolute atomic E-state index is 10.6. The first-order valence-electron chi connectivity index (χ1n) is 3.45. The molecule has 0 aromatic carbocycles. The first-order valence-corrected chi connectivity index (χ1v) is 3.45. The number of hydrogen-bond donors (Lipinski definition) is 0. The molecule has 4 nitrogen and oxygen atoms in total. The Hall–Kier alpha value is -0.710. The van der Waals surface area contributed by atoms with Crippen LogP contribution in [0.2, 0.25) is 0 Å². The first kappa shape index (κ1) is 11.3. The molecule has 0 atom stereocenters. The number of carbonyl (C=O) groups excluding carboxylic acids is 1. The maximum atomic E-state index is 10.6. The van der Waals surface area contributed by atoms with Gasteiger partial charge in [-0.2, -0.15) is 0 Å². The molecule has 0 heterocycles. The number of allylic oxidation sites excluding steroid dienone is 1. The summed E-state index contributed by atoms with van der Waals surface area (Å²) in [5.41, 5.74) is 0. The molecule has 0 unspecified atom stereocenters. The Bertz CT molecular complexity index is 162. The van der Waals surface area contributed by atoms with Crippen molar-refractivity contribution >= 4 is 5.78 Å². The van der Waals surface area contributed by atoms with Crippen molar-refractivity contribution in [3.63, 3.8) is 0 Å². The summed E-state index contributed by atoms with van der Waals surface area (Å²) in [5, 5.41) is 0. The molecule has 0 radical (unpaired) electrons. The van der Waals surface area contributed by atoms with Crippen LogP contribution in [0, 0.1) is 0 Å². The predicted molar refractivity (Wildman–Crippen MR) is 43.6 cm³/mol. The number of hydrogen-bond acceptors (Lipinski definition) is 4. The monoisotopic (exact) mass is 174 g/mol. The zero-order valence-corrected chi connectivity index (χ0v) is 7.79. The van der Waals surface area contributed by atoms with Gasteiger partial charge in [-0.25, -0.2) is 0 Å². The van der Waals surface area contributed by atoms with Crippen LogP contribution in [0.4, 0.5) is 0 Å². The molecule has 70 valence electrons. The Kier molecular flexibility index (Phi) is 4.73. The Morgan fingerprint density at radius 2 is 1.58 bits per heavy atom. The largest absolute Gasteiger partial charge is 0.327 e. The first-order chi connectivity index (χ1) is 5.60. The van der Waals surface area contributed by atoms with Crippen LogP contribution in [0.25, 0.3) is 0 Å². The van der Waals surface area contributed by atoms with E-state index in [1.807, 2.05) is 0 Å². The zero-order chi connectivity index (χ0) is 9.61. The summed E-state index contributed by atoms with van der Waals surface area (Å²) in [7, 11) is 4.28. The van der Waals surface area contributed by atoms with E-state index in [2.05, 4.69) is 0 Å². The number of methoxy groups -OCH3 is 3. The van der Waals surface area contributed by atoms with Gasteiger partial charge in [0.05, 0.1) is 0 Å². The van der Waals surface area contributed by atoms with Gasteiger partial charge in [0.25, 0.3) is 0 Å². The summed E-state index contributed by atoms with van der Waals surface area (Å²) >= 11 is 0. The Morgan fingerprint density at radius 3 is 1.83 bits per heavy atom. The molecule has 12 heavy (non-hydrogen) atoms. The number of carbonyl (C=O) groups is 1. The van der Waals surface area contributed by atoms with Crippen LogP contribution in [0.3, 0.4) is 0 Å². The third-order valence-electron chi connectivity index (χ3n) is 1.38. The second-order valence-electron chi connectivity index (χ2n) is 2.16. The van der Waals surface area contributed by atoms with E-state index in [1.165, 1.54) is 40.4 Å². The van der Waals surface area contributed by atoms with Crippen molar-refractivity contribution in [2.75, 3.05) is 21.3 Å². The minimum atomic E-state index is -1.24. The van der Waals surface area contributed by atoms with E-state index >= 15 is 0 Å². The summed E-state index contributed by atoms with van der Waals surface area (Å²) in [6.45, 7) is 1.43. The molecular formula is C8H14O4. The van der Waals surface area contributed by atoms with Crippen molar-refractivity contribution in [1.82, 2.24) is 0 Å². The van der Waals surface area contributed by atoms with Gasteiger partial charge in [-0.3, -0.25) is 4.79 Å². The van der Waals surface area contributed by atoms with Gasteiger partial charge >= 0.3 is 5.97 Å². The van der Waals surface area contributed by atoms with E-state index in [9.17, 15) is 4.79 Å². The summed E-state index contributed by atoms with van der Waals surface area (Å²) in [6, 6.07) is 0. The molecule has 0 aromatic heterocycles. The van der Waals surface area contributed by atoms with Crippen molar-refractivity contribution in [1.29, 1.82) is 0 Å². The lowest BCUT2D eigenvalue weighted by atomic mass is 10.3. The highest BCUT2D eigenvalue weighted by Gasteiger charge is 2.25. The SMILES string of the molecule is COC(/C=C\C(C)=O)(OC)OC. The summed E-state index contributed by atoms with van der Waals surface area (Å²) < 4.78 is 14.7. The molecule has 0 spiro atoms. The molecule has 0 N–H and O–H groups in total. The van der Waals surface area contributed by atoms with Gasteiger partial charge in [0.1, 0.15) is 0 Å². The van der Waals surface area contributed by atoms with E-state index in [-0.39, 0.29) is 5.78 Å². The molecule has 0 aliphatic carbocycles. The van der Waals surface area contributed by atoms with Gasteiger partial charge < -0.3 is 14.2 Å². The van der Waals surface area contributed by atoms with E-state index in [1.54, 1.807) is 0 Å². The smallest absolute Gasteiger partial charge is 0.304 e. The number of rotatable bonds is 5. The van der Waals surface area contributed by atoms with E-state index in [4.69, 9.17) is 14.2 Å². The lowest BCUT2D eigenvalue weighted by molar-refractivity contribution is -0.318. The summed E-state index contributed by atoms with van der Waals surface area (Å²) in [6.07, 6.45) is 2.74. The Balaban J connectivity index is 4.39. The van der Waals surface area contributed by atoms with Gasteiger partial charge in [0, 0.05) is 27.4 Å². The highest BCUT2D eigenvalue weighted by Crippen LogP contribution is 2.13. The fourth-order valence-electron chi connectivity index (χ4n) is 0.674. The highest BCUT2D eigenvalue weighted by molar-refractivity contribution is 5.87. The maximum Gasteiger partial charge on any atom is 0.304 e. The van der Waals surface area contributed by atoms with Crippen molar-refractivity contribution in [2.24, 2.45) is 0 Å². The standard InChI is InChI=1S/C8H14O4/c1-7(9)5-6-8(10-2,11-3)12-4/h5-6H,1-4H3/b6-5-. The molecule has 0 amide bonds. The van der Waals surface area contributed by atoms with Crippen molar-refractivity contribution < 1.29 is 19.0 Å². The van der Waals surface area contributed by atoms with Gasteiger partial charge in [-0.1, -0.05) is 0 Å². The molecule has 0 bridgehead atoms. The van der Waals surface area contributed by atoms with Crippen LogP contribution in [-0.4, -0.2) is 33.1 Å². The Labute approximate surface area is 72.1 Å². The second kappa shape index (κ2) is 5.03. The van der Waals surface area contributed by atoms with E-state index in [0.717, 1.165) is 0 Å². The Morgan fingerprint density at radius 1 is 1.17 bits per heavy atom. The van der Waals surface area contributed by atoms with E-state index in [0.29, 0.717) is 0 Å². The minimum absolute atomic E-state index is 0.0921. The van der Waals surface area contributed by atoms with Crippen LogP contribution in [0.1, 0.15) is 6.92 Å². The molecule has 0 aliphatic rings. The van der Waals surface area contributed by atoms with Gasteiger partial charge in [0.15, 0.2) is 5.78 Å². The van der Waals surface area contributed by atoms with Gasteiger partial charge in [-0.05, 0) is 13.0 Å². The zero-order valence-electron chi connectivity index (χ0n) is 7.79. The summed E-state index contributed by atoms with van der Waals surface area (Å²) in [4.78, 5) is 10.6. The van der Waals surface area contributed by atoms with Crippen molar-refractivity contribution in [2.45, 2.75) is 12.9 Å². The second-order valence-corrected chi connectivity index (χ2v) is 2.16. The average molecular weight is 174 g/mol. The normalized spacial score (nSPS) is 12.3. The molecule has 0 saturated carbocycles. The van der Waals surface area contributed by atoms with Crippen LogP contribution >= 0.6 is 0 Å². The fraction of sp³-hybridized carbons (Fsp3) is 0.625. The third kappa shape index (κ3) is 3.13. The molecule has 0 fully saturated rings. The van der Waals surface area contributed by atoms with Crippen LogP contribution < -0.4 is 0 Å². The third-order valence-corrected chi connectivity index (χ3v) is 1.38. The molecule has 0 saturated heterocycles.